The van der Waals surface area contributed by atoms with Crippen LogP contribution < -0.4 is 5.73 Å². The Labute approximate surface area is 197 Å². The molecule has 7 heteroatoms. The molecule has 0 spiro atoms. The van der Waals surface area contributed by atoms with E-state index in [0.717, 1.165) is 17.2 Å². The number of benzene rings is 4. The Morgan fingerprint density at radius 3 is 2.55 bits per heavy atom. The molecule has 163 valence electrons. The molecule has 4 aromatic carbocycles. The second kappa shape index (κ2) is 8.18. The minimum Gasteiger partial charge on any atom is -0.366 e. The molecule has 0 atom stereocenters. The summed E-state index contributed by atoms with van der Waals surface area (Å²) in [5.41, 5.74) is 9.17. The van der Waals surface area contributed by atoms with E-state index in [2.05, 4.69) is 6.07 Å². The molecule has 5 aromatic rings. The first-order valence-electron chi connectivity index (χ1n) is 9.99. The highest BCUT2D eigenvalue weighted by molar-refractivity contribution is 6.36. The number of nitrogens with two attached hydrogens (primary N) is 1. The van der Waals surface area contributed by atoms with E-state index in [-0.39, 0.29) is 6.54 Å². The number of aromatic nitrogens is 1. The zero-order valence-corrected chi connectivity index (χ0v) is 18.5. The minimum atomic E-state index is -0.656. The number of amides is 1. The fourth-order valence-corrected chi connectivity index (χ4v) is 4.65. The summed E-state index contributed by atoms with van der Waals surface area (Å²) < 4.78 is 29.8. The maximum Gasteiger partial charge on any atom is 0.249 e. The molecule has 5 rings (SSSR count). The standard InChI is InChI=1S/C26H15Cl2F2N2O/c27-16-6-9-18(21(28)11-16)14-5-8-19-24(10-14)32(13-15-4-7-17(29)12-22(15)30)23-3-1-2-20(25(19)23)26(31)33/h1-7,9-12H,13H2,(H2,31,33). The first-order chi connectivity index (χ1) is 15.8. The number of carbonyl (C=O) groups is 1. The van der Waals surface area contributed by atoms with Gasteiger partial charge in [0.15, 0.2) is 0 Å². The van der Waals surface area contributed by atoms with E-state index >= 15 is 0 Å². The SMILES string of the molecule is NC(=O)c1cccc2c1c1[c]cc(-c3ccc(Cl)cc3Cl)cc1n2Cc1ccc(F)cc1F. The number of rotatable bonds is 4. The van der Waals surface area contributed by atoms with Crippen LogP contribution in [0, 0.1) is 17.7 Å². The molecule has 3 nitrogen and oxygen atoms in total. The van der Waals surface area contributed by atoms with Gasteiger partial charge in [-0.05, 0) is 54.1 Å². The molecular weight excluding hydrogens is 465 g/mol. The van der Waals surface area contributed by atoms with Gasteiger partial charge < -0.3 is 10.3 Å². The second-order valence-corrected chi connectivity index (χ2v) is 8.50. The quantitative estimate of drug-likeness (QED) is 0.296. The number of primary amides is 1. The van der Waals surface area contributed by atoms with Crippen LogP contribution in [0.4, 0.5) is 8.78 Å². The van der Waals surface area contributed by atoms with Gasteiger partial charge in [0.25, 0.3) is 0 Å². The van der Waals surface area contributed by atoms with E-state index in [1.807, 2.05) is 16.7 Å². The van der Waals surface area contributed by atoms with Gasteiger partial charge in [0.1, 0.15) is 11.6 Å². The van der Waals surface area contributed by atoms with Crippen molar-refractivity contribution in [3.05, 3.63) is 106 Å². The fourth-order valence-electron chi connectivity index (χ4n) is 4.13. The van der Waals surface area contributed by atoms with Crippen molar-refractivity contribution in [1.29, 1.82) is 0 Å². The fraction of sp³-hybridized carbons (Fsp3) is 0.0385. The highest BCUT2D eigenvalue weighted by Gasteiger charge is 2.19. The zero-order chi connectivity index (χ0) is 23.3. The number of fused-ring (bicyclic) bond motifs is 3. The molecule has 1 heterocycles. The topological polar surface area (TPSA) is 48.0 Å². The van der Waals surface area contributed by atoms with Gasteiger partial charge in [0, 0.05) is 43.6 Å². The van der Waals surface area contributed by atoms with Gasteiger partial charge >= 0.3 is 0 Å². The molecule has 1 radical (unpaired) electrons. The summed E-state index contributed by atoms with van der Waals surface area (Å²) in [6.07, 6.45) is 0. The number of hydrogen-bond donors (Lipinski definition) is 1. The van der Waals surface area contributed by atoms with Gasteiger partial charge in [0.2, 0.25) is 5.91 Å². The van der Waals surface area contributed by atoms with Crippen LogP contribution in [0.5, 0.6) is 0 Å². The van der Waals surface area contributed by atoms with Gasteiger partial charge in [-0.2, -0.15) is 0 Å². The van der Waals surface area contributed by atoms with E-state index in [1.165, 1.54) is 12.1 Å². The summed E-state index contributed by atoms with van der Waals surface area (Å²) in [5.74, 6) is -1.88. The molecule has 0 saturated carbocycles. The molecule has 33 heavy (non-hydrogen) atoms. The summed E-state index contributed by atoms with van der Waals surface area (Å²) in [7, 11) is 0. The summed E-state index contributed by atoms with van der Waals surface area (Å²) >= 11 is 12.5. The van der Waals surface area contributed by atoms with E-state index in [9.17, 15) is 13.6 Å². The Balaban J connectivity index is 1.81. The molecule has 0 bridgehead atoms. The van der Waals surface area contributed by atoms with E-state index < -0.39 is 17.5 Å². The molecule has 2 N–H and O–H groups in total. The van der Waals surface area contributed by atoms with Gasteiger partial charge in [-0.15, -0.1) is 0 Å². The molecule has 0 fully saturated rings. The van der Waals surface area contributed by atoms with Crippen LogP contribution >= 0.6 is 23.2 Å². The van der Waals surface area contributed by atoms with Crippen molar-refractivity contribution in [3.8, 4) is 11.1 Å². The Bertz CT molecular complexity index is 1580. The number of nitrogens with zero attached hydrogens (tertiary/aromatic N) is 1. The highest BCUT2D eigenvalue weighted by Crippen LogP contribution is 2.37. The third-order valence-electron chi connectivity index (χ3n) is 5.65. The molecule has 0 aliphatic carbocycles. The predicted octanol–water partition coefficient (Wildman–Crippen LogP) is 6.99. The summed E-state index contributed by atoms with van der Waals surface area (Å²) in [6, 6.07) is 20.8. The van der Waals surface area contributed by atoms with E-state index in [0.29, 0.717) is 43.0 Å². The molecule has 1 aromatic heterocycles. The Morgan fingerprint density at radius 2 is 1.82 bits per heavy atom. The first kappa shape index (κ1) is 21.4. The van der Waals surface area contributed by atoms with Gasteiger partial charge in [-0.3, -0.25) is 4.79 Å². The summed E-state index contributed by atoms with van der Waals surface area (Å²) in [6.45, 7) is 0.111. The molecule has 1 amide bonds. The highest BCUT2D eigenvalue weighted by atomic mass is 35.5. The van der Waals surface area contributed by atoms with Crippen LogP contribution in [-0.4, -0.2) is 10.5 Å². The van der Waals surface area contributed by atoms with Crippen molar-refractivity contribution in [2.45, 2.75) is 6.54 Å². The van der Waals surface area contributed by atoms with Crippen molar-refractivity contribution in [3.63, 3.8) is 0 Å². The van der Waals surface area contributed by atoms with Crippen molar-refractivity contribution in [2.75, 3.05) is 0 Å². The average molecular weight is 480 g/mol. The van der Waals surface area contributed by atoms with Crippen LogP contribution in [-0.2, 0) is 6.54 Å². The van der Waals surface area contributed by atoms with Gasteiger partial charge in [0.05, 0.1) is 17.6 Å². The lowest BCUT2D eigenvalue weighted by molar-refractivity contribution is 0.100. The minimum absolute atomic E-state index is 0.111. The Morgan fingerprint density at radius 1 is 1.00 bits per heavy atom. The van der Waals surface area contributed by atoms with Crippen LogP contribution in [0.25, 0.3) is 32.9 Å². The van der Waals surface area contributed by atoms with Crippen LogP contribution in [0.15, 0.2) is 66.7 Å². The van der Waals surface area contributed by atoms with Crippen LogP contribution in [0.3, 0.4) is 0 Å². The van der Waals surface area contributed by atoms with E-state index in [4.69, 9.17) is 28.9 Å². The Kier molecular flexibility index (Phi) is 5.31. The molecule has 0 aliphatic rings. The number of carbonyl (C=O) groups excluding carboxylic acids is 1. The van der Waals surface area contributed by atoms with Crippen LogP contribution in [0.2, 0.25) is 10.0 Å². The normalized spacial score (nSPS) is 11.4. The molecular formula is C26H15Cl2F2N2O. The predicted molar refractivity (Wildman–Crippen MR) is 128 cm³/mol. The largest absolute Gasteiger partial charge is 0.366 e. The second-order valence-electron chi connectivity index (χ2n) is 7.66. The summed E-state index contributed by atoms with van der Waals surface area (Å²) in [4.78, 5) is 12.2. The lowest BCUT2D eigenvalue weighted by Gasteiger charge is -2.11. The monoisotopic (exact) mass is 479 g/mol. The van der Waals surface area contributed by atoms with Gasteiger partial charge in [-0.1, -0.05) is 41.4 Å². The lowest BCUT2D eigenvalue weighted by atomic mass is 10.0. The average Bonchev–Trinajstić information content (AvgIpc) is 3.08. The lowest BCUT2D eigenvalue weighted by Crippen LogP contribution is -2.11. The maximum absolute atomic E-state index is 14.5. The van der Waals surface area contributed by atoms with Crippen LogP contribution in [0.1, 0.15) is 15.9 Å². The van der Waals surface area contributed by atoms with Crippen molar-refractivity contribution >= 4 is 50.9 Å². The zero-order valence-electron chi connectivity index (χ0n) is 17.0. The van der Waals surface area contributed by atoms with Gasteiger partial charge in [-0.25, -0.2) is 8.78 Å². The molecule has 0 unspecified atom stereocenters. The smallest absolute Gasteiger partial charge is 0.249 e. The van der Waals surface area contributed by atoms with E-state index in [1.54, 1.807) is 36.4 Å². The van der Waals surface area contributed by atoms with Crippen molar-refractivity contribution in [2.24, 2.45) is 5.73 Å². The first-order valence-corrected chi connectivity index (χ1v) is 10.7. The molecule has 0 aliphatic heterocycles. The number of hydrogen-bond acceptors (Lipinski definition) is 1. The Hall–Kier alpha value is -3.41. The number of halogens is 4. The molecule has 0 saturated heterocycles. The van der Waals surface area contributed by atoms with Crippen molar-refractivity contribution in [1.82, 2.24) is 4.57 Å². The summed E-state index contributed by atoms with van der Waals surface area (Å²) in [5, 5.41) is 2.27. The third-order valence-corrected chi connectivity index (χ3v) is 6.19. The maximum atomic E-state index is 14.5. The van der Waals surface area contributed by atoms with Crippen molar-refractivity contribution < 1.29 is 13.6 Å². The third kappa shape index (κ3) is 3.73.